The average molecular weight is 542 g/mol. The molecule has 7 nitrogen and oxygen atoms in total. The molecule has 1 saturated heterocycles. The molecule has 2 aliphatic rings. The average Bonchev–Trinajstić information content (AvgIpc) is 3.34. The number of carbonyl (C=O) groups excluding carboxylic acids is 3. The Bertz CT molecular complexity index is 1250. The summed E-state index contributed by atoms with van der Waals surface area (Å²) in [5.74, 6) is -0.165. The van der Waals surface area contributed by atoms with Gasteiger partial charge in [-0.15, -0.1) is 0 Å². The number of likely N-dealkylation sites (tertiary alicyclic amines) is 1. The zero-order valence-corrected chi connectivity index (χ0v) is 19.6. The van der Waals surface area contributed by atoms with Gasteiger partial charge in [-0.2, -0.15) is 0 Å². The van der Waals surface area contributed by atoms with Gasteiger partial charge in [0.15, 0.2) is 0 Å². The fourth-order valence-corrected chi connectivity index (χ4v) is 5.97. The summed E-state index contributed by atoms with van der Waals surface area (Å²) >= 11 is -0.635. The highest BCUT2D eigenvalue weighted by atomic mass is 127. The number of H-pyrrole nitrogens is 1. The van der Waals surface area contributed by atoms with Crippen molar-refractivity contribution in [3.8, 4) is 11.3 Å². The van der Waals surface area contributed by atoms with Crippen molar-refractivity contribution in [2.45, 2.75) is 19.3 Å². The largest absolute Gasteiger partial charge is 0.354 e. The first kappa shape index (κ1) is 20.9. The maximum atomic E-state index is 12.9. The number of rotatable bonds is 6. The number of aromatic nitrogens is 1. The maximum Gasteiger partial charge on any atom is 0.260 e. The third kappa shape index (κ3) is 3.94. The molecule has 2 aliphatic heterocycles. The number of hydrogen-bond acceptors (Lipinski definition) is 3. The summed E-state index contributed by atoms with van der Waals surface area (Å²) in [6, 6.07) is 13.5. The van der Waals surface area contributed by atoms with Crippen LogP contribution in [0.1, 0.15) is 45.5 Å². The van der Waals surface area contributed by atoms with Gasteiger partial charge >= 0.3 is 0 Å². The summed E-state index contributed by atoms with van der Waals surface area (Å²) in [6.07, 6.45) is 2.25. The maximum absolute atomic E-state index is 12.9. The Morgan fingerprint density at radius 1 is 1.16 bits per heavy atom. The molecule has 1 aromatic heterocycles. The molecule has 0 aliphatic carbocycles. The van der Waals surface area contributed by atoms with Crippen LogP contribution in [0.3, 0.4) is 0 Å². The van der Waals surface area contributed by atoms with Crippen LogP contribution in [0.5, 0.6) is 0 Å². The minimum Gasteiger partial charge on any atom is -0.354 e. The molecule has 164 valence electrons. The summed E-state index contributed by atoms with van der Waals surface area (Å²) in [6.45, 7) is 1.94. The van der Waals surface area contributed by atoms with E-state index >= 15 is 0 Å². The third-order valence-electron chi connectivity index (χ3n) is 5.87. The van der Waals surface area contributed by atoms with Crippen LogP contribution in [-0.4, -0.2) is 51.3 Å². The number of hydrogen-bond donors (Lipinski definition) is 3. The third-order valence-corrected chi connectivity index (χ3v) is 7.61. The highest BCUT2D eigenvalue weighted by Crippen LogP contribution is 2.34. The second kappa shape index (κ2) is 8.85. The molecule has 1 fully saturated rings. The molecule has 32 heavy (non-hydrogen) atoms. The normalized spacial score (nSPS) is 15.4. The lowest BCUT2D eigenvalue weighted by Crippen LogP contribution is -2.30. The van der Waals surface area contributed by atoms with Gasteiger partial charge in [-0.25, -0.2) is 0 Å². The number of amides is 3. The van der Waals surface area contributed by atoms with Crippen LogP contribution in [0.25, 0.3) is 22.2 Å². The van der Waals surface area contributed by atoms with Gasteiger partial charge in [0, 0.05) is 48.1 Å². The standard InChI is InChI=1S/C24H23IN4O3/c30-20-8-4-10-29(20)11-5-9-26-23(31)16-12-17-21-18(14-25-28-24(17)32)22(27-19(21)13-16)15-6-2-1-3-7-15/h1-3,6-7,12-14,27H,4-5,8-11H2,(H,26,31)(H,28,32). The fraction of sp³-hybridized carbons (Fsp3) is 0.250. The first-order valence-electron chi connectivity index (χ1n) is 10.7. The first-order chi connectivity index (χ1) is 15.6. The molecule has 0 spiro atoms. The molecule has 0 saturated carbocycles. The Labute approximate surface area is 195 Å². The lowest BCUT2D eigenvalue weighted by atomic mass is 10.00. The lowest BCUT2D eigenvalue weighted by Gasteiger charge is -2.15. The van der Waals surface area contributed by atoms with E-state index in [4.69, 9.17) is 0 Å². The minimum absolute atomic E-state index is 0.140. The summed E-state index contributed by atoms with van der Waals surface area (Å²) in [5.41, 5.74) is 4.79. The SMILES string of the molecule is O=C(NCCCN1CCCC1=O)c1cc2c3c(c(-c4ccccc4)[nH]c3c1)C=INC2=O. The van der Waals surface area contributed by atoms with Gasteiger partial charge in [0.1, 0.15) is 0 Å². The number of aromatic amines is 1. The lowest BCUT2D eigenvalue weighted by molar-refractivity contribution is -0.127. The van der Waals surface area contributed by atoms with Crippen LogP contribution in [0.4, 0.5) is 0 Å². The van der Waals surface area contributed by atoms with Gasteiger partial charge in [-0.05, 0) is 55.6 Å². The molecule has 5 rings (SSSR count). The molecule has 3 heterocycles. The molecular formula is C24H23IN4O3. The molecule has 0 bridgehead atoms. The van der Waals surface area contributed by atoms with Crippen molar-refractivity contribution in [2.75, 3.05) is 19.6 Å². The van der Waals surface area contributed by atoms with Crippen LogP contribution < -0.4 is 8.85 Å². The van der Waals surface area contributed by atoms with Crippen molar-refractivity contribution in [2.24, 2.45) is 0 Å². The van der Waals surface area contributed by atoms with E-state index < -0.39 is 21.0 Å². The highest BCUT2D eigenvalue weighted by Gasteiger charge is 2.23. The summed E-state index contributed by atoms with van der Waals surface area (Å²) in [5, 5.41) is 3.80. The van der Waals surface area contributed by atoms with Gasteiger partial charge in [-0.1, -0.05) is 30.3 Å². The second-order valence-electron chi connectivity index (χ2n) is 7.96. The Balaban J connectivity index is 1.41. The zero-order chi connectivity index (χ0) is 22.1. The van der Waals surface area contributed by atoms with Crippen LogP contribution in [-0.2, 0) is 4.79 Å². The smallest absolute Gasteiger partial charge is 0.260 e. The predicted octanol–water partition coefficient (Wildman–Crippen LogP) is 3.36. The number of nitrogens with zero attached hydrogens (tertiary/aromatic N) is 1. The van der Waals surface area contributed by atoms with E-state index in [1.54, 1.807) is 6.07 Å². The zero-order valence-electron chi connectivity index (χ0n) is 17.4. The van der Waals surface area contributed by atoms with E-state index in [1.165, 1.54) is 0 Å². The Hall–Kier alpha value is -3.01. The first-order valence-corrected chi connectivity index (χ1v) is 13.0. The van der Waals surface area contributed by atoms with Gasteiger partial charge in [0.2, 0.25) is 5.91 Å². The number of carbonyl (C=O) groups is 3. The molecule has 8 heteroatoms. The number of halogens is 1. The second-order valence-corrected chi connectivity index (χ2v) is 9.75. The number of benzene rings is 2. The Kier molecular flexibility index (Phi) is 5.77. The van der Waals surface area contributed by atoms with Crippen LogP contribution in [0.15, 0.2) is 42.5 Å². The van der Waals surface area contributed by atoms with Crippen molar-refractivity contribution < 1.29 is 14.4 Å². The molecule has 0 atom stereocenters. The molecule has 0 radical (unpaired) electrons. The fourth-order valence-electron chi connectivity index (χ4n) is 4.31. The van der Waals surface area contributed by atoms with E-state index in [9.17, 15) is 14.4 Å². The van der Waals surface area contributed by atoms with Gasteiger partial charge < -0.3 is 15.2 Å². The molecule has 2 aromatic carbocycles. The molecule has 3 amide bonds. The topological polar surface area (TPSA) is 94.3 Å². The van der Waals surface area contributed by atoms with Crippen LogP contribution in [0.2, 0.25) is 0 Å². The number of nitrogens with one attached hydrogen (secondary N) is 3. The highest BCUT2D eigenvalue weighted by molar-refractivity contribution is 14.2. The Morgan fingerprint density at radius 2 is 2.00 bits per heavy atom. The quantitative estimate of drug-likeness (QED) is 0.254. The van der Waals surface area contributed by atoms with Crippen molar-refractivity contribution in [3.63, 3.8) is 0 Å². The van der Waals surface area contributed by atoms with Gasteiger partial charge in [0.05, 0.1) is 11.3 Å². The molecule has 3 N–H and O–H groups in total. The van der Waals surface area contributed by atoms with E-state index in [0.29, 0.717) is 37.1 Å². The molecule has 0 unspecified atom stereocenters. The monoisotopic (exact) mass is 542 g/mol. The van der Waals surface area contributed by atoms with E-state index in [2.05, 4.69) is 17.8 Å². The van der Waals surface area contributed by atoms with Crippen molar-refractivity contribution in [1.82, 2.24) is 18.7 Å². The summed E-state index contributed by atoms with van der Waals surface area (Å²) < 4.78 is 5.12. The van der Waals surface area contributed by atoms with Gasteiger partial charge in [-0.3, -0.25) is 17.9 Å². The Morgan fingerprint density at radius 3 is 2.78 bits per heavy atom. The van der Waals surface area contributed by atoms with Crippen molar-refractivity contribution in [3.05, 3.63) is 59.2 Å². The summed E-state index contributed by atoms with van der Waals surface area (Å²) in [7, 11) is 0. The summed E-state index contributed by atoms with van der Waals surface area (Å²) in [4.78, 5) is 42.6. The molecule has 3 aromatic rings. The van der Waals surface area contributed by atoms with Crippen molar-refractivity contribution in [1.29, 1.82) is 0 Å². The minimum atomic E-state index is -0.635. The van der Waals surface area contributed by atoms with Crippen LogP contribution >= 0.6 is 21.0 Å². The van der Waals surface area contributed by atoms with Crippen LogP contribution in [0, 0.1) is 0 Å². The van der Waals surface area contributed by atoms with E-state index in [-0.39, 0.29) is 17.7 Å². The predicted molar refractivity (Wildman–Crippen MR) is 133 cm³/mol. The van der Waals surface area contributed by atoms with Gasteiger partial charge in [0.25, 0.3) is 11.8 Å². The molecular weight excluding hydrogens is 519 g/mol. The van der Waals surface area contributed by atoms with E-state index in [1.807, 2.05) is 41.3 Å². The van der Waals surface area contributed by atoms with Crippen molar-refractivity contribution >= 4 is 53.6 Å². The van der Waals surface area contributed by atoms with E-state index in [0.717, 1.165) is 40.7 Å².